The van der Waals surface area contributed by atoms with Crippen LogP contribution < -0.4 is 15.8 Å². The number of rotatable bonds is 4. The highest BCUT2D eigenvalue weighted by molar-refractivity contribution is 5.84. The zero-order valence-corrected chi connectivity index (χ0v) is 17.2. The standard InChI is InChI=1S/C21H15F4N7O/c1-10-12-5-11(8-26)3-4-17(12)32(31-10)19-13(21(23,24)25)9-28-20(30-19)29-16-7-15(27)14(22)6-18(16)33-2/h3-7,9H,27H2,1-2H3,(H,28,29,30). The Bertz CT molecular complexity index is 1420. The molecule has 3 N–H and O–H groups in total. The third-order valence-corrected chi connectivity index (χ3v) is 4.83. The van der Waals surface area contributed by atoms with Crippen molar-refractivity contribution in [3.8, 4) is 17.6 Å². The fourth-order valence-electron chi connectivity index (χ4n) is 3.25. The number of aromatic nitrogens is 4. The number of hydrogen-bond donors (Lipinski definition) is 2. The van der Waals surface area contributed by atoms with Crippen LogP contribution in [0.4, 0.5) is 34.9 Å². The van der Waals surface area contributed by atoms with Crippen LogP contribution in [0.5, 0.6) is 5.75 Å². The molecule has 0 amide bonds. The number of nitrogen functional groups attached to an aromatic ring is 1. The summed E-state index contributed by atoms with van der Waals surface area (Å²) in [6, 6.07) is 8.73. The SMILES string of the molecule is COc1cc(F)c(N)cc1Nc1ncc(C(F)(F)F)c(-n2nc(C)c3cc(C#N)ccc32)n1. The molecule has 33 heavy (non-hydrogen) atoms. The molecule has 12 heteroatoms. The molecule has 0 aliphatic rings. The Morgan fingerprint density at radius 2 is 1.97 bits per heavy atom. The molecule has 0 atom stereocenters. The molecule has 0 aliphatic heterocycles. The number of ether oxygens (including phenoxy) is 1. The van der Waals surface area contributed by atoms with Gasteiger partial charge in [-0.3, -0.25) is 0 Å². The highest BCUT2D eigenvalue weighted by Crippen LogP contribution is 2.36. The Balaban J connectivity index is 1.89. The molecular formula is C21H15F4N7O. The van der Waals surface area contributed by atoms with E-state index in [-0.39, 0.29) is 23.1 Å². The number of halogens is 4. The number of aryl methyl sites for hydroxylation is 1. The maximum absolute atomic E-state index is 13.8. The predicted octanol–water partition coefficient (Wildman–Crippen LogP) is 4.49. The van der Waals surface area contributed by atoms with Gasteiger partial charge in [-0.2, -0.15) is 28.5 Å². The van der Waals surface area contributed by atoms with Gasteiger partial charge in [-0.25, -0.2) is 14.1 Å². The van der Waals surface area contributed by atoms with E-state index in [1.165, 1.54) is 31.4 Å². The smallest absolute Gasteiger partial charge is 0.421 e. The number of anilines is 3. The summed E-state index contributed by atoms with van der Waals surface area (Å²) in [4.78, 5) is 7.79. The molecule has 0 saturated heterocycles. The van der Waals surface area contributed by atoms with E-state index >= 15 is 0 Å². The first-order valence-corrected chi connectivity index (χ1v) is 9.36. The van der Waals surface area contributed by atoms with E-state index < -0.39 is 23.4 Å². The molecule has 0 fully saturated rings. The second kappa shape index (κ2) is 7.94. The fourth-order valence-corrected chi connectivity index (χ4v) is 3.25. The molecule has 2 aromatic carbocycles. The lowest BCUT2D eigenvalue weighted by atomic mass is 10.1. The number of benzene rings is 2. The van der Waals surface area contributed by atoms with Crippen LogP contribution >= 0.6 is 0 Å². The molecule has 2 heterocycles. The molecule has 0 radical (unpaired) electrons. The van der Waals surface area contributed by atoms with Crippen LogP contribution in [-0.2, 0) is 6.18 Å². The normalized spacial score (nSPS) is 11.4. The van der Waals surface area contributed by atoms with E-state index in [9.17, 15) is 17.6 Å². The first-order valence-electron chi connectivity index (χ1n) is 9.36. The van der Waals surface area contributed by atoms with Gasteiger partial charge in [-0.15, -0.1) is 0 Å². The molecule has 0 unspecified atom stereocenters. The second-order valence-corrected chi connectivity index (χ2v) is 6.97. The summed E-state index contributed by atoms with van der Waals surface area (Å²) >= 11 is 0. The van der Waals surface area contributed by atoms with Crippen molar-refractivity contribution in [2.45, 2.75) is 13.1 Å². The first-order chi connectivity index (χ1) is 15.6. The number of methoxy groups -OCH3 is 1. The lowest BCUT2D eigenvalue weighted by Gasteiger charge is -2.15. The van der Waals surface area contributed by atoms with Crippen LogP contribution in [0.2, 0.25) is 0 Å². The largest absolute Gasteiger partial charge is 0.494 e. The van der Waals surface area contributed by atoms with Gasteiger partial charge < -0.3 is 15.8 Å². The molecular weight excluding hydrogens is 442 g/mol. The van der Waals surface area contributed by atoms with Crippen molar-refractivity contribution in [2.75, 3.05) is 18.2 Å². The van der Waals surface area contributed by atoms with Gasteiger partial charge in [-0.1, -0.05) is 0 Å². The molecule has 168 valence electrons. The average molecular weight is 457 g/mol. The van der Waals surface area contributed by atoms with Crippen LogP contribution in [0, 0.1) is 24.1 Å². The Morgan fingerprint density at radius 3 is 2.64 bits per heavy atom. The first kappa shape index (κ1) is 21.8. The van der Waals surface area contributed by atoms with Crippen LogP contribution in [0.1, 0.15) is 16.8 Å². The lowest BCUT2D eigenvalue weighted by molar-refractivity contribution is -0.138. The van der Waals surface area contributed by atoms with Crippen molar-refractivity contribution < 1.29 is 22.3 Å². The average Bonchev–Trinajstić information content (AvgIpc) is 3.11. The number of fused-ring (bicyclic) bond motifs is 1. The van der Waals surface area contributed by atoms with Crippen LogP contribution in [0.25, 0.3) is 16.7 Å². The molecule has 4 aromatic rings. The highest BCUT2D eigenvalue weighted by Gasteiger charge is 2.36. The summed E-state index contributed by atoms with van der Waals surface area (Å²) in [5.41, 5.74) is 5.50. The zero-order valence-electron chi connectivity index (χ0n) is 17.2. The molecule has 8 nitrogen and oxygen atoms in total. The minimum absolute atomic E-state index is 0.0520. The zero-order chi connectivity index (χ0) is 23.9. The summed E-state index contributed by atoms with van der Waals surface area (Å²) in [6.45, 7) is 1.61. The van der Waals surface area contributed by atoms with Gasteiger partial charge in [0.2, 0.25) is 5.95 Å². The minimum Gasteiger partial charge on any atom is -0.494 e. The van der Waals surface area contributed by atoms with Gasteiger partial charge in [0.05, 0.1) is 41.3 Å². The maximum atomic E-state index is 13.8. The van der Waals surface area contributed by atoms with E-state index in [2.05, 4.69) is 20.4 Å². The van der Waals surface area contributed by atoms with E-state index in [4.69, 9.17) is 15.7 Å². The Hall–Kier alpha value is -4.40. The van der Waals surface area contributed by atoms with Crippen LogP contribution in [0.3, 0.4) is 0 Å². The molecule has 0 spiro atoms. The quantitative estimate of drug-likeness (QED) is 0.343. The van der Waals surface area contributed by atoms with Crippen molar-refractivity contribution in [3.63, 3.8) is 0 Å². The molecule has 0 saturated carbocycles. The molecule has 0 aliphatic carbocycles. The summed E-state index contributed by atoms with van der Waals surface area (Å²) in [7, 11) is 1.29. The third kappa shape index (κ3) is 3.96. The Kier molecular flexibility index (Phi) is 5.25. The summed E-state index contributed by atoms with van der Waals surface area (Å²) in [5.74, 6) is -1.42. The van der Waals surface area contributed by atoms with Gasteiger partial charge >= 0.3 is 6.18 Å². The maximum Gasteiger partial charge on any atom is 0.421 e. The number of nitrogens with zero attached hydrogens (tertiary/aromatic N) is 5. The lowest BCUT2D eigenvalue weighted by Crippen LogP contribution is -2.15. The minimum atomic E-state index is -4.77. The van der Waals surface area contributed by atoms with Crippen molar-refractivity contribution >= 4 is 28.2 Å². The summed E-state index contributed by atoms with van der Waals surface area (Å²) in [6.07, 6.45) is -4.15. The monoisotopic (exact) mass is 457 g/mol. The number of nitrogens with one attached hydrogen (secondary N) is 1. The van der Waals surface area contributed by atoms with Crippen molar-refractivity contribution in [1.82, 2.24) is 19.7 Å². The predicted molar refractivity (Wildman–Crippen MR) is 112 cm³/mol. The highest BCUT2D eigenvalue weighted by atomic mass is 19.4. The number of nitrogens with two attached hydrogens (primary N) is 1. The Labute approximate surface area is 184 Å². The van der Waals surface area contributed by atoms with Crippen LogP contribution in [0.15, 0.2) is 36.5 Å². The number of alkyl halides is 3. The topological polar surface area (TPSA) is 115 Å². The van der Waals surface area contributed by atoms with Crippen molar-refractivity contribution in [1.29, 1.82) is 5.26 Å². The number of hydrogen-bond acceptors (Lipinski definition) is 7. The van der Waals surface area contributed by atoms with Gasteiger partial charge in [-0.05, 0) is 31.2 Å². The third-order valence-electron chi connectivity index (χ3n) is 4.83. The van der Waals surface area contributed by atoms with E-state index in [0.717, 1.165) is 10.7 Å². The van der Waals surface area contributed by atoms with Gasteiger partial charge in [0, 0.05) is 17.6 Å². The van der Waals surface area contributed by atoms with E-state index in [0.29, 0.717) is 28.4 Å². The molecule has 0 bridgehead atoms. The molecule has 4 rings (SSSR count). The number of nitriles is 1. The Morgan fingerprint density at radius 1 is 1.21 bits per heavy atom. The van der Waals surface area contributed by atoms with Crippen molar-refractivity contribution in [3.05, 3.63) is 59.2 Å². The molecule has 2 aromatic heterocycles. The summed E-state index contributed by atoms with van der Waals surface area (Å²) < 4.78 is 61.2. The van der Waals surface area contributed by atoms with Gasteiger partial charge in [0.1, 0.15) is 17.1 Å². The second-order valence-electron chi connectivity index (χ2n) is 6.97. The summed E-state index contributed by atoms with van der Waals surface area (Å²) in [5, 5.41) is 16.5. The van der Waals surface area contributed by atoms with Crippen LogP contribution in [-0.4, -0.2) is 26.9 Å². The van der Waals surface area contributed by atoms with Gasteiger partial charge in [0.15, 0.2) is 5.82 Å². The van der Waals surface area contributed by atoms with Crippen molar-refractivity contribution in [2.24, 2.45) is 0 Å². The van der Waals surface area contributed by atoms with E-state index in [1.807, 2.05) is 6.07 Å². The van der Waals surface area contributed by atoms with E-state index in [1.54, 1.807) is 6.92 Å². The fraction of sp³-hybridized carbons (Fsp3) is 0.143. The van der Waals surface area contributed by atoms with Gasteiger partial charge in [0.25, 0.3) is 0 Å².